The number of aromatic nitrogens is 1. The predicted octanol–water partition coefficient (Wildman–Crippen LogP) is 1.57. The van der Waals surface area contributed by atoms with Crippen molar-refractivity contribution in [3.63, 3.8) is 0 Å². The van der Waals surface area contributed by atoms with Crippen molar-refractivity contribution in [1.29, 1.82) is 0 Å². The molecule has 2 amide bonds. The number of hydrogen-bond acceptors (Lipinski definition) is 7. The number of aliphatic hydroxyl groups is 1. The Kier molecular flexibility index (Phi) is 7.79. The lowest BCUT2D eigenvalue weighted by molar-refractivity contribution is -0.155. The average Bonchev–Trinajstić information content (AvgIpc) is 2.92. The van der Waals surface area contributed by atoms with Gasteiger partial charge in [0.25, 0.3) is 5.91 Å². The summed E-state index contributed by atoms with van der Waals surface area (Å²) in [5.41, 5.74) is 1.53. The number of aliphatic hydroxyl groups excluding tert-OH is 1. The molecule has 0 bridgehead atoms. The Morgan fingerprint density at radius 2 is 1.75 bits per heavy atom. The second kappa shape index (κ2) is 11.4. The van der Waals surface area contributed by atoms with Crippen LogP contribution in [0.25, 0.3) is 0 Å². The molecule has 0 unspecified atom stereocenters. The van der Waals surface area contributed by atoms with Crippen LogP contribution < -0.4 is 4.90 Å². The Morgan fingerprint density at radius 3 is 2.50 bits per heavy atom. The highest BCUT2D eigenvalue weighted by Crippen LogP contribution is 2.29. The van der Waals surface area contributed by atoms with E-state index in [2.05, 4.69) is 22.0 Å². The van der Waals surface area contributed by atoms with Gasteiger partial charge in [-0.25, -0.2) is 0 Å². The molecule has 5 rings (SSSR count). The molecule has 36 heavy (non-hydrogen) atoms. The first kappa shape index (κ1) is 24.7. The Labute approximate surface area is 211 Å². The number of fused-ring (bicyclic) bond motifs is 1. The predicted molar refractivity (Wildman–Crippen MR) is 134 cm³/mol. The molecule has 3 saturated heterocycles. The normalized spacial score (nSPS) is 27.1. The molecule has 4 heterocycles. The maximum absolute atomic E-state index is 13.3. The fourth-order valence-corrected chi connectivity index (χ4v) is 5.39. The number of pyridine rings is 1. The van der Waals surface area contributed by atoms with E-state index in [9.17, 15) is 14.7 Å². The molecular formula is C27H34N4O5. The molecule has 0 spiro atoms. The fourth-order valence-electron chi connectivity index (χ4n) is 5.39. The van der Waals surface area contributed by atoms with Crippen molar-refractivity contribution in [1.82, 2.24) is 14.8 Å². The van der Waals surface area contributed by atoms with Gasteiger partial charge in [-0.15, -0.1) is 0 Å². The Balaban J connectivity index is 1.18. The van der Waals surface area contributed by atoms with Crippen molar-refractivity contribution in [2.24, 2.45) is 0 Å². The number of ether oxygens (including phenoxy) is 2. The smallest absolute Gasteiger partial charge is 0.272 e. The van der Waals surface area contributed by atoms with Crippen molar-refractivity contribution in [2.45, 2.75) is 43.6 Å². The first-order valence-corrected chi connectivity index (χ1v) is 12.8. The third kappa shape index (κ3) is 5.69. The molecule has 9 nitrogen and oxygen atoms in total. The monoisotopic (exact) mass is 494 g/mol. The molecule has 192 valence electrons. The Morgan fingerprint density at radius 1 is 0.972 bits per heavy atom. The van der Waals surface area contributed by atoms with Crippen LogP contribution in [0.1, 0.15) is 29.8 Å². The van der Waals surface area contributed by atoms with Gasteiger partial charge >= 0.3 is 0 Å². The van der Waals surface area contributed by atoms with Crippen LogP contribution >= 0.6 is 0 Å². The summed E-state index contributed by atoms with van der Waals surface area (Å²) in [5, 5.41) is 10.3. The van der Waals surface area contributed by atoms with Crippen LogP contribution in [0, 0.1) is 0 Å². The van der Waals surface area contributed by atoms with Gasteiger partial charge in [0.05, 0.1) is 37.9 Å². The molecule has 1 aromatic carbocycles. The van der Waals surface area contributed by atoms with Crippen molar-refractivity contribution >= 4 is 17.5 Å². The fraction of sp³-hybridized carbons (Fsp3) is 0.519. The third-order valence-corrected chi connectivity index (χ3v) is 7.28. The number of carbonyl (C=O) groups is 2. The van der Waals surface area contributed by atoms with Crippen molar-refractivity contribution in [3.8, 4) is 0 Å². The number of carbonyl (C=O) groups excluding carboxylic acids is 2. The van der Waals surface area contributed by atoms with E-state index in [1.807, 2.05) is 23.1 Å². The highest BCUT2D eigenvalue weighted by molar-refractivity contribution is 5.92. The number of anilines is 1. The largest absolute Gasteiger partial charge is 0.389 e. The lowest BCUT2D eigenvalue weighted by Gasteiger charge is -2.44. The summed E-state index contributed by atoms with van der Waals surface area (Å²) in [5.74, 6) is -0.115. The van der Waals surface area contributed by atoms with E-state index in [0.29, 0.717) is 38.0 Å². The first-order valence-electron chi connectivity index (χ1n) is 12.8. The van der Waals surface area contributed by atoms with Gasteiger partial charge < -0.3 is 29.3 Å². The SMILES string of the molecule is O=C(C[C@@H]1CC[C@H]2[C@@H](COC[C@@H](O)CN2C(=O)c2ccccn2)O1)N1CCN(c2ccccc2)CC1. The van der Waals surface area contributed by atoms with E-state index >= 15 is 0 Å². The van der Waals surface area contributed by atoms with Crippen LogP contribution in [0.5, 0.6) is 0 Å². The molecule has 1 aromatic heterocycles. The molecule has 4 atom stereocenters. The van der Waals surface area contributed by atoms with Crippen LogP contribution in [0.3, 0.4) is 0 Å². The van der Waals surface area contributed by atoms with Gasteiger partial charge in [-0.05, 0) is 37.1 Å². The first-order chi connectivity index (χ1) is 17.6. The number of piperazine rings is 1. The molecule has 2 aromatic rings. The number of para-hydroxylation sites is 1. The molecule has 3 fully saturated rings. The minimum Gasteiger partial charge on any atom is -0.389 e. The van der Waals surface area contributed by atoms with Gasteiger partial charge in [-0.3, -0.25) is 14.6 Å². The number of benzene rings is 1. The maximum Gasteiger partial charge on any atom is 0.272 e. The zero-order valence-corrected chi connectivity index (χ0v) is 20.4. The van der Waals surface area contributed by atoms with Gasteiger partial charge in [-0.1, -0.05) is 24.3 Å². The highest BCUT2D eigenvalue weighted by Gasteiger charge is 2.40. The molecule has 3 aliphatic rings. The topological polar surface area (TPSA) is 95.4 Å². The molecule has 0 saturated carbocycles. The van der Waals surface area contributed by atoms with E-state index < -0.39 is 6.10 Å². The molecule has 0 aliphatic carbocycles. The molecule has 3 aliphatic heterocycles. The average molecular weight is 495 g/mol. The highest BCUT2D eigenvalue weighted by atomic mass is 16.5. The van der Waals surface area contributed by atoms with Crippen molar-refractivity contribution < 1.29 is 24.2 Å². The van der Waals surface area contributed by atoms with Crippen molar-refractivity contribution in [3.05, 3.63) is 60.4 Å². The van der Waals surface area contributed by atoms with E-state index in [1.165, 1.54) is 5.69 Å². The summed E-state index contributed by atoms with van der Waals surface area (Å²) in [6.45, 7) is 3.58. The minimum absolute atomic E-state index is 0.106. The Hall–Kier alpha value is -3.01. The van der Waals surface area contributed by atoms with E-state index in [0.717, 1.165) is 13.1 Å². The number of nitrogens with zero attached hydrogens (tertiary/aromatic N) is 4. The summed E-state index contributed by atoms with van der Waals surface area (Å²) in [6, 6.07) is 15.3. The second-order valence-electron chi connectivity index (χ2n) is 9.71. The lowest BCUT2D eigenvalue weighted by Crippen LogP contribution is -2.58. The van der Waals surface area contributed by atoms with Gasteiger partial charge in [0.2, 0.25) is 5.91 Å². The van der Waals surface area contributed by atoms with Crippen LogP contribution in [0.2, 0.25) is 0 Å². The standard InChI is InChI=1S/C27H34N4O5/c32-21-17-31(27(34)23-8-4-5-11-28-23)24-10-9-22(36-25(24)19-35-18-21)16-26(33)30-14-12-29(13-15-30)20-6-2-1-3-7-20/h1-8,11,21-22,24-25,32H,9-10,12-19H2/t21-,22-,24-,25+/m0/s1. The summed E-state index contributed by atoms with van der Waals surface area (Å²) in [7, 11) is 0. The van der Waals surface area contributed by atoms with E-state index in [1.54, 1.807) is 29.3 Å². The maximum atomic E-state index is 13.3. The van der Waals surface area contributed by atoms with Gasteiger partial charge in [0.15, 0.2) is 0 Å². The van der Waals surface area contributed by atoms with Gasteiger partial charge in [0.1, 0.15) is 11.8 Å². The number of amides is 2. The quantitative estimate of drug-likeness (QED) is 0.689. The number of rotatable bonds is 4. The van der Waals surface area contributed by atoms with Crippen LogP contribution in [0.15, 0.2) is 54.7 Å². The van der Waals surface area contributed by atoms with E-state index in [-0.39, 0.29) is 49.8 Å². The molecular weight excluding hydrogens is 460 g/mol. The summed E-state index contributed by atoms with van der Waals surface area (Å²) in [6.07, 6.45) is 1.92. The summed E-state index contributed by atoms with van der Waals surface area (Å²) < 4.78 is 12.0. The van der Waals surface area contributed by atoms with Gasteiger partial charge in [-0.2, -0.15) is 0 Å². The third-order valence-electron chi connectivity index (χ3n) is 7.28. The summed E-state index contributed by atoms with van der Waals surface area (Å²) in [4.78, 5) is 36.5. The zero-order valence-electron chi connectivity index (χ0n) is 20.4. The number of β-amino-alcohol motifs (C(OH)–C–C–N with tert-alkyl or cyclic N) is 1. The number of hydrogen-bond donors (Lipinski definition) is 1. The van der Waals surface area contributed by atoms with E-state index in [4.69, 9.17) is 9.47 Å². The zero-order chi connectivity index (χ0) is 24.9. The van der Waals surface area contributed by atoms with Crippen molar-refractivity contribution in [2.75, 3.05) is 50.8 Å². The summed E-state index contributed by atoms with van der Waals surface area (Å²) >= 11 is 0. The lowest BCUT2D eigenvalue weighted by atomic mass is 9.94. The van der Waals surface area contributed by atoms with Crippen LogP contribution in [0.4, 0.5) is 5.69 Å². The van der Waals surface area contributed by atoms with Gasteiger partial charge in [0, 0.05) is 44.6 Å². The van der Waals surface area contributed by atoms with Crippen LogP contribution in [-0.4, -0.2) is 102 Å². The molecule has 1 N–H and O–H groups in total. The molecule has 9 heteroatoms. The molecule has 0 radical (unpaired) electrons. The van der Waals surface area contributed by atoms with Crippen LogP contribution in [-0.2, 0) is 14.3 Å². The second-order valence-corrected chi connectivity index (χ2v) is 9.71. The Bertz CT molecular complexity index is 1020. The minimum atomic E-state index is -0.771.